The molecule has 4 amide bonds. The number of urea groups is 1. The maximum Gasteiger partial charge on any atom is 0.573 e. The van der Waals surface area contributed by atoms with Gasteiger partial charge in [-0.05, 0) is 18.2 Å². The Labute approximate surface area is 156 Å². The second-order valence-electron chi connectivity index (χ2n) is 5.68. The number of carbonyl (C=O) groups excluding carboxylic acids is 3. The number of allylic oxidation sites excluding steroid dienone is 1. The number of amides is 4. The molecule has 2 aliphatic heterocycles. The number of halogens is 3. The molecule has 1 unspecified atom stereocenters. The zero-order valence-electron chi connectivity index (χ0n) is 14.1. The van der Waals surface area contributed by atoms with Gasteiger partial charge in [0.05, 0.1) is 5.56 Å². The lowest BCUT2D eigenvalue weighted by molar-refractivity contribution is -0.274. The molecule has 1 atom stereocenters. The zero-order chi connectivity index (χ0) is 20.3. The summed E-state index contributed by atoms with van der Waals surface area (Å²) in [6, 6.07) is 4.01. The number of hydrogen-bond acceptors (Lipinski definition) is 5. The van der Waals surface area contributed by atoms with Crippen LogP contribution in [0, 0.1) is 5.92 Å². The van der Waals surface area contributed by atoms with Crippen molar-refractivity contribution < 1.29 is 32.3 Å². The van der Waals surface area contributed by atoms with E-state index >= 15 is 0 Å². The van der Waals surface area contributed by atoms with Crippen LogP contribution in [0.2, 0.25) is 0 Å². The molecule has 146 valence electrons. The maximum atomic E-state index is 12.4. The van der Waals surface area contributed by atoms with E-state index in [1.807, 2.05) is 0 Å². The first-order chi connectivity index (χ1) is 13.3. The second kappa shape index (κ2) is 7.62. The van der Waals surface area contributed by atoms with Crippen molar-refractivity contribution in [1.82, 2.24) is 10.2 Å². The van der Waals surface area contributed by atoms with Gasteiger partial charge in [-0.15, -0.1) is 13.2 Å². The minimum atomic E-state index is -4.95. The van der Waals surface area contributed by atoms with E-state index < -0.39 is 35.9 Å². The van der Waals surface area contributed by atoms with Gasteiger partial charge >= 0.3 is 12.4 Å². The summed E-state index contributed by atoms with van der Waals surface area (Å²) in [5, 5.41) is 2.36. The first-order valence-electron chi connectivity index (χ1n) is 8.04. The highest BCUT2D eigenvalue weighted by atomic mass is 19.4. The van der Waals surface area contributed by atoms with E-state index in [9.17, 15) is 27.6 Å². The van der Waals surface area contributed by atoms with Crippen LogP contribution in [0.15, 0.2) is 46.4 Å². The minimum absolute atomic E-state index is 0.0935. The molecule has 1 N–H and O–H groups in total. The fourth-order valence-electron chi connectivity index (χ4n) is 2.61. The lowest BCUT2D eigenvalue weighted by Crippen LogP contribution is -2.48. The second-order valence-corrected chi connectivity index (χ2v) is 5.68. The molecule has 0 saturated heterocycles. The molecule has 1 aromatic rings. The molecule has 1 aromatic carbocycles. The van der Waals surface area contributed by atoms with Gasteiger partial charge in [0, 0.05) is 19.3 Å². The molecule has 11 heteroatoms. The molecular formula is C17H13F3N4O4. The number of ether oxygens (including phenoxy) is 1. The van der Waals surface area contributed by atoms with Crippen molar-refractivity contribution in [3.05, 3.63) is 42.0 Å². The van der Waals surface area contributed by atoms with Gasteiger partial charge in [-0.2, -0.15) is 4.99 Å². The number of amidine groups is 1. The van der Waals surface area contributed by atoms with Crippen LogP contribution in [-0.4, -0.2) is 54.2 Å². The summed E-state index contributed by atoms with van der Waals surface area (Å²) in [5.41, 5.74) is -0.332. The topological polar surface area (TPSA) is 100 Å². The molecular weight excluding hydrogens is 381 g/mol. The molecule has 0 saturated carbocycles. The van der Waals surface area contributed by atoms with Crippen molar-refractivity contribution in [2.45, 2.75) is 6.36 Å². The summed E-state index contributed by atoms with van der Waals surface area (Å²) in [4.78, 5) is 45.0. The summed E-state index contributed by atoms with van der Waals surface area (Å²) < 4.78 is 41.1. The highest BCUT2D eigenvalue weighted by Crippen LogP contribution is 2.26. The van der Waals surface area contributed by atoms with Crippen molar-refractivity contribution in [2.24, 2.45) is 15.9 Å². The molecule has 2 aliphatic rings. The zero-order valence-corrected chi connectivity index (χ0v) is 14.1. The van der Waals surface area contributed by atoms with Crippen molar-refractivity contribution in [1.29, 1.82) is 0 Å². The highest BCUT2D eigenvalue weighted by Gasteiger charge is 2.36. The first kappa shape index (κ1) is 19.3. The monoisotopic (exact) mass is 394 g/mol. The van der Waals surface area contributed by atoms with Crippen LogP contribution in [0.1, 0.15) is 10.4 Å². The lowest BCUT2D eigenvalue weighted by Gasteiger charge is -2.27. The van der Waals surface area contributed by atoms with Crippen LogP contribution in [0.25, 0.3) is 0 Å². The Bertz CT molecular complexity index is 908. The van der Waals surface area contributed by atoms with Gasteiger partial charge < -0.3 is 10.1 Å². The number of dihydropyridines is 1. The van der Waals surface area contributed by atoms with Gasteiger partial charge in [0.1, 0.15) is 17.5 Å². The third kappa shape index (κ3) is 4.24. The van der Waals surface area contributed by atoms with Gasteiger partial charge in [0.25, 0.3) is 5.91 Å². The summed E-state index contributed by atoms with van der Waals surface area (Å²) in [5.74, 6) is -2.73. The smallest absolute Gasteiger partial charge is 0.405 e. The molecule has 28 heavy (non-hydrogen) atoms. The number of alkyl halides is 3. The number of para-hydroxylation sites is 1. The summed E-state index contributed by atoms with van der Waals surface area (Å²) >= 11 is 0. The Morgan fingerprint density at radius 1 is 1.25 bits per heavy atom. The van der Waals surface area contributed by atoms with Crippen LogP contribution < -0.4 is 10.1 Å². The first-order valence-corrected chi connectivity index (χ1v) is 8.04. The van der Waals surface area contributed by atoms with Crippen molar-refractivity contribution in [3.8, 4) is 5.75 Å². The van der Waals surface area contributed by atoms with Gasteiger partial charge in [0.2, 0.25) is 5.91 Å². The predicted molar refractivity (Wildman–Crippen MR) is 91.1 cm³/mol. The standard InChI is InChI=1S/C17H13F3N4O4/c18-17(19,20)28-12-6-2-1-4-10(12)14(25)22-8-9-24-15(26)11-5-3-7-21-13(11)23-16(24)27/h1-7,11H,8-9H2,(H,22,25). The van der Waals surface area contributed by atoms with Gasteiger partial charge in [-0.1, -0.05) is 18.2 Å². The van der Waals surface area contributed by atoms with Crippen LogP contribution in [0.4, 0.5) is 18.0 Å². The van der Waals surface area contributed by atoms with E-state index in [1.165, 1.54) is 24.4 Å². The Hall–Kier alpha value is -3.50. The van der Waals surface area contributed by atoms with Crippen LogP contribution in [-0.2, 0) is 4.79 Å². The van der Waals surface area contributed by atoms with Crippen molar-refractivity contribution >= 4 is 29.9 Å². The summed E-state index contributed by atoms with van der Waals surface area (Å²) in [7, 11) is 0. The quantitative estimate of drug-likeness (QED) is 0.825. The number of benzene rings is 1. The molecule has 0 radical (unpaired) electrons. The van der Waals surface area contributed by atoms with E-state index in [0.29, 0.717) is 0 Å². The molecule has 3 rings (SSSR count). The largest absolute Gasteiger partial charge is 0.573 e. The average molecular weight is 394 g/mol. The number of aliphatic imine (C=N–C) groups is 2. The number of imide groups is 1. The van der Waals surface area contributed by atoms with Crippen molar-refractivity contribution in [2.75, 3.05) is 13.1 Å². The predicted octanol–water partition coefficient (Wildman–Crippen LogP) is 1.93. The van der Waals surface area contributed by atoms with Crippen LogP contribution in [0.3, 0.4) is 0 Å². The highest BCUT2D eigenvalue weighted by molar-refractivity contribution is 6.19. The molecule has 0 spiro atoms. The minimum Gasteiger partial charge on any atom is -0.405 e. The van der Waals surface area contributed by atoms with Crippen molar-refractivity contribution in [3.63, 3.8) is 0 Å². The summed E-state index contributed by atoms with van der Waals surface area (Å²) in [6.07, 6.45) is -0.452. The molecule has 0 fully saturated rings. The Balaban J connectivity index is 1.63. The molecule has 0 bridgehead atoms. The number of hydrogen-bond donors (Lipinski definition) is 1. The van der Waals surface area contributed by atoms with Crippen LogP contribution >= 0.6 is 0 Å². The fraction of sp³-hybridized carbons (Fsp3) is 0.235. The molecule has 8 nitrogen and oxygen atoms in total. The number of nitrogens with one attached hydrogen (secondary N) is 1. The Morgan fingerprint density at radius 3 is 2.75 bits per heavy atom. The van der Waals surface area contributed by atoms with E-state index in [-0.39, 0.29) is 24.5 Å². The number of rotatable bonds is 5. The van der Waals surface area contributed by atoms with Gasteiger partial charge in [-0.3, -0.25) is 14.5 Å². The average Bonchev–Trinajstić information content (AvgIpc) is 2.63. The van der Waals surface area contributed by atoms with E-state index in [4.69, 9.17) is 0 Å². The fourth-order valence-corrected chi connectivity index (χ4v) is 2.61. The number of fused-ring (bicyclic) bond motifs is 1. The lowest BCUT2D eigenvalue weighted by atomic mass is 10.0. The molecule has 2 heterocycles. The molecule has 0 aromatic heterocycles. The third-order valence-electron chi connectivity index (χ3n) is 3.83. The maximum absolute atomic E-state index is 12.4. The van der Waals surface area contributed by atoms with Gasteiger partial charge in [0.15, 0.2) is 0 Å². The normalized spacial score (nSPS) is 18.6. The summed E-state index contributed by atoms with van der Waals surface area (Å²) in [6.45, 7) is -0.377. The van der Waals surface area contributed by atoms with E-state index in [2.05, 4.69) is 20.0 Å². The van der Waals surface area contributed by atoms with Gasteiger partial charge in [-0.25, -0.2) is 9.79 Å². The van der Waals surface area contributed by atoms with E-state index in [1.54, 1.807) is 6.08 Å². The number of carbonyl (C=O) groups is 3. The molecule has 0 aliphatic carbocycles. The third-order valence-corrected chi connectivity index (χ3v) is 3.83. The Kier molecular flexibility index (Phi) is 5.25. The number of nitrogens with zero attached hydrogens (tertiary/aromatic N) is 3. The SMILES string of the molecule is O=C(NCCN1C(=O)N=C2N=CC=CC2C1=O)c1ccccc1OC(F)(F)F. The van der Waals surface area contributed by atoms with E-state index in [0.717, 1.165) is 17.0 Å². The Morgan fingerprint density at radius 2 is 2.00 bits per heavy atom. The van der Waals surface area contributed by atoms with Crippen LogP contribution in [0.5, 0.6) is 5.75 Å².